The van der Waals surface area contributed by atoms with Crippen LogP contribution in [0.25, 0.3) is 0 Å². The highest BCUT2D eigenvalue weighted by Crippen LogP contribution is 2.22. The lowest BCUT2D eigenvalue weighted by Crippen LogP contribution is -2.22. The maximum absolute atomic E-state index is 11.4. The summed E-state index contributed by atoms with van der Waals surface area (Å²) in [6, 6.07) is 5.11. The highest BCUT2D eigenvalue weighted by molar-refractivity contribution is 6.42. The maximum atomic E-state index is 11.4. The van der Waals surface area contributed by atoms with E-state index in [0.29, 0.717) is 23.0 Å². The molecule has 0 aliphatic heterocycles. The summed E-state index contributed by atoms with van der Waals surface area (Å²) in [6.07, 6.45) is 0.538. The summed E-state index contributed by atoms with van der Waals surface area (Å²) in [6.45, 7) is 0.350. The van der Waals surface area contributed by atoms with Gasteiger partial charge in [-0.1, -0.05) is 29.3 Å². The van der Waals surface area contributed by atoms with Gasteiger partial charge in [-0.05, 0) is 24.1 Å². The number of aliphatic carboxylic acids is 1. The van der Waals surface area contributed by atoms with Crippen LogP contribution in [-0.2, 0) is 16.1 Å². The lowest BCUT2D eigenvalue weighted by molar-refractivity contribution is -0.137. The molecule has 0 bridgehead atoms. The number of carbonyl (C=O) groups excluding carboxylic acids is 1. The standard InChI is InChI=1S/C12H13Cl2NO3/c13-9-5-4-8(6-10(9)14)7-15-11(16)2-1-3-12(17)18/h4-6H,1-3,7H2,(H,15,16)(H,17,18). The normalized spacial score (nSPS) is 10.1. The Kier molecular flexibility index (Phi) is 5.95. The number of halogens is 2. The Hall–Kier alpha value is -1.26. The van der Waals surface area contributed by atoms with Crippen LogP contribution in [0.2, 0.25) is 10.0 Å². The molecule has 18 heavy (non-hydrogen) atoms. The molecule has 0 fully saturated rings. The second-order valence-corrected chi connectivity index (χ2v) is 4.59. The molecule has 1 aromatic rings. The van der Waals surface area contributed by atoms with E-state index in [4.69, 9.17) is 28.3 Å². The number of rotatable bonds is 6. The molecular formula is C12H13Cl2NO3. The monoisotopic (exact) mass is 289 g/mol. The Morgan fingerprint density at radius 3 is 2.50 bits per heavy atom. The lowest BCUT2D eigenvalue weighted by Gasteiger charge is -2.06. The first-order valence-corrected chi connectivity index (χ1v) is 6.17. The van der Waals surface area contributed by atoms with Crippen molar-refractivity contribution >= 4 is 35.1 Å². The fraction of sp³-hybridized carbons (Fsp3) is 0.333. The van der Waals surface area contributed by atoms with Crippen molar-refractivity contribution in [2.45, 2.75) is 25.8 Å². The number of carbonyl (C=O) groups is 2. The van der Waals surface area contributed by atoms with Gasteiger partial charge in [0.1, 0.15) is 0 Å². The van der Waals surface area contributed by atoms with Gasteiger partial charge < -0.3 is 10.4 Å². The summed E-state index contributed by atoms with van der Waals surface area (Å²) < 4.78 is 0. The zero-order chi connectivity index (χ0) is 13.5. The van der Waals surface area contributed by atoms with Gasteiger partial charge in [-0.15, -0.1) is 0 Å². The van der Waals surface area contributed by atoms with E-state index in [1.54, 1.807) is 18.2 Å². The van der Waals surface area contributed by atoms with Gasteiger partial charge in [0.15, 0.2) is 0 Å². The number of benzene rings is 1. The Morgan fingerprint density at radius 1 is 1.17 bits per heavy atom. The highest BCUT2D eigenvalue weighted by Gasteiger charge is 2.04. The molecule has 1 aromatic carbocycles. The van der Waals surface area contributed by atoms with E-state index in [9.17, 15) is 9.59 Å². The van der Waals surface area contributed by atoms with Crippen LogP contribution in [0.4, 0.5) is 0 Å². The average molecular weight is 290 g/mol. The van der Waals surface area contributed by atoms with Crippen molar-refractivity contribution in [3.8, 4) is 0 Å². The van der Waals surface area contributed by atoms with E-state index < -0.39 is 5.97 Å². The molecule has 2 N–H and O–H groups in total. The predicted octanol–water partition coefficient (Wildman–Crippen LogP) is 2.86. The van der Waals surface area contributed by atoms with Gasteiger partial charge in [0.2, 0.25) is 5.91 Å². The van der Waals surface area contributed by atoms with E-state index in [0.717, 1.165) is 5.56 Å². The highest BCUT2D eigenvalue weighted by atomic mass is 35.5. The third-order valence-electron chi connectivity index (χ3n) is 2.27. The smallest absolute Gasteiger partial charge is 0.303 e. The van der Waals surface area contributed by atoms with E-state index in [1.807, 2.05) is 0 Å². The minimum Gasteiger partial charge on any atom is -0.481 e. The van der Waals surface area contributed by atoms with E-state index in [-0.39, 0.29) is 18.7 Å². The predicted molar refractivity (Wildman–Crippen MR) is 69.8 cm³/mol. The van der Waals surface area contributed by atoms with Crippen molar-refractivity contribution in [3.05, 3.63) is 33.8 Å². The lowest BCUT2D eigenvalue weighted by atomic mass is 10.2. The summed E-state index contributed by atoms with van der Waals surface area (Å²) in [7, 11) is 0. The summed E-state index contributed by atoms with van der Waals surface area (Å²) in [4.78, 5) is 21.7. The zero-order valence-corrected chi connectivity index (χ0v) is 11.1. The van der Waals surface area contributed by atoms with Crippen molar-refractivity contribution in [1.29, 1.82) is 0 Å². The van der Waals surface area contributed by atoms with Crippen LogP contribution in [-0.4, -0.2) is 17.0 Å². The Balaban J connectivity index is 2.33. The van der Waals surface area contributed by atoms with Gasteiger partial charge in [-0.25, -0.2) is 0 Å². The minimum absolute atomic E-state index is 0.000192. The summed E-state index contributed by atoms with van der Waals surface area (Å²) in [5.74, 6) is -1.07. The van der Waals surface area contributed by atoms with E-state index in [1.165, 1.54) is 0 Å². The number of hydrogen-bond acceptors (Lipinski definition) is 2. The number of nitrogens with one attached hydrogen (secondary N) is 1. The molecule has 1 amide bonds. The van der Waals surface area contributed by atoms with Crippen LogP contribution in [0, 0.1) is 0 Å². The summed E-state index contributed by atoms with van der Waals surface area (Å²) in [5.41, 5.74) is 0.844. The molecule has 98 valence electrons. The largest absolute Gasteiger partial charge is 0.481 e. The quantitative estimate of drug-likeness (QED) is 0.846. The molecule has 1 rings (SSSR count). The molecule has 0 aromatic heterocycles. The second-order valence-electron chi connectivity index (χ2n) is 3.77. The van der Waals surface area contributed by atoms with Gasteiger partial charge >= 0.3 is 5.97 Å². The molecule has 0 saturated heterocycles. The van der Waals surface area contributed by atoms with Crippen molar-refractivity contribution in [3.63, 3.8) is 0 Å². The van der Waals surface area contributed by atoms with Crippen LogP contribution in [0.5, 0.6) is 0 Å². The molecule has 0 unspecified atom stereocenters. The van der Waals surface area contributed by atoms with Crippen LogP contribution < -0.4 is 5.32 Å². The Bertz CT molecular complexity index is 449. The van der Waals surface area contributed by atoms with E-state index in [2.05, 4.69) is 5.32 Å². The van der Waals surface area contributed by atoms with Gasteiger partial charge in [0, 0.05) is 19.4 Å². The molecule has 0 atom stereocenters. The average Bonchev–Trinajstić information content (AvgIpc) is 2.30. The number of hydrogen-bond donors (Lipinski definition) is 2. The molecule has 0 heterocycles. The first kappa shape index (κ1) is 14.8. The molecular weight excluding hydrogens is 277 g/mol. The van der Waals surface area contributed by atoms with Crippen molar-refractivity contribution < 1.29 is 14.7 Å². The molecule has 4 nitrogen and oxygen atoms in total. The summed E-state index contributed by atoms with van der Waals surface area (Å²) >= 11 is 11.6. The fourth-order valence-electron chi connectivity index (χ4n) is 1.34. The minimum atomic E-state index is -0.896. The molecule has 6 heteroatoms. The van der Waals surface area contributed by atoms with Gasteiger partial charge in [-0.2, -0.15) is 0 Å². The van der Waals surface area contributed by atoms with Crippen LogP contribution in [0.1, 0.15) is 24.8 Å². The molecule has 0 spiro atoms. The number of carboxylic acids is 1. The Labute approximate surface area is 115 Å². The molecule has 0 saturated carbocycles. The first-order valence-electron chi connectivity index (χ1n) is 5.41. The number of amides is 1. The van der Waals surface area contributed by atoms with Gasteiger partial charge in [0.25, 0.3) is 0 Å². The molecule has 0 radical (unpaired) electrons. The van der Waals surface area contributed by atoms with Crippen molar-refractivity contribution in [2.75, 3.05) is 0 Å². The zero-order valence-electron chi connectivity index (χ0n) is 9.58. The van der Waals surface area contributed by atoms with Gasteiger partial charge in [-0.3, -0.25) is 9.59 Å². The second kappa shape index (κ2) is 7.24. The van der Waals surface area contributed by atoms with Gasteiger partial charge in [0.05, 0.1) is 10.0 Å². The van der Waals surface area contributed by atoms with Crippen LogP contribution >= 0.6 is 23.2 Å². The topological polar surface area (TPSA) is 66.4 Å². The van der Waals surface area contributed by atoms with Crippen molar-refractivity contribution in [2.24, 2.45) is 0 Å². The van der Waals surface area contributed by atoms with Crippen LogP contribution in [0.3, 0.4) is 0 Å². The fourth-order valence-corrected chi connectivity index (χ4v) is 1.66. The SMILES string of the molecule is O=C(O)CCCC(=O)NCc1ccc(Cl)c(Cl)c1. The maximum Gasteiger partial charge on any atom is 0.303 e. The molecule has 0 aliphatic rings. The van der Waals surface area contributed by atoms with Crippen molar-refractivity contribution in [1.82, 2.24) is 5.32 Å². The Morgan fingerprint density at radius 2 is 1.89 bits per heavy atom. The number of carboxylic acid groups (broad SMARTS) is 1. The summed E-state index contributed by atoms with van der Waals surface area (Å²) in [5, 5.41) is 12.0. The molecule has 0 aliphatic carbocycles. The third kappa shape index (κ3) is 5.38. The first-order chi connectivity index (χ1) is 8.49. The third-order valence-corrected chi connectivity index (χ3v) is 3.01. The van der Waals surface area contributed by atoms with Crippen LogP contribution in [0.15, 0.2) is 18.2 Å². The van der Waals surface area contributed by atoms with E-state index >= 15 is 0 Å².